The molecule has 8 heteroatoms. The number of likely N-dealkylation sites (tertiary alicyclic amines) is 1. The van der Waals surface area contributed by atoms with Crippen molar-refractivity contribution in [3.63, 3.8) is 0 Å². The van der Waals surface area contributed by atoms with Gasteiger partial charge in [-0.2, -0.15) is 0 Å². The molecule has 1 saturated heterocycles. The molecule has 146 valence electrons. The van der Waals surface area contributed by atoms with Gasteiger partial charge in [0.1, 0.15) is 11.3 Å². The lowest BCUT2D eigenvalue weighted by Crippen LogP contribution is -2.38. The minimum absolute atomic E-state index is 0.138. The quantitative estimate of drug-likeness (QED) is 0.648. The molecule has 0 aliphatic carbocycles. The Morgan fingerprint density at radius 3 is 2.39 bits per heavy atom. The number of carbonyl (C=O) groups excluding carboxylic acids is 1. The Morgan fingerprint density at radius 2 is 1.75 bits per heavy atom. The van der Waals surface area contributed by atoms with Crippen LogP contribution in [0, 0.1) is 0 Å². The van der Waals surface area contributed by atoms with E-state index >= 15 is 0 Å². The minimum Gasteiger partial charge on any atom is -0.440 e. The molecular formula is C20H17F3N2O3. The Balaban J connectivity index is 1.38. The number of hydrogen-bond acceptors (Lipinski definition) is 4. The van der Waals surface area contributed by atoms with Gasteiger partial charge in [-0.1, -0.05) is 12.1 Å². The first kappa shape index (κ1) is 18.3. The van der Waals surface area contributed by atoms with Gasteiger partial charge in [0.25, 0.3) is 5.91 Å². The summed E-state index contributed by atoms with van der Waals surface area (Å²) in [7, 11) is 0. The third-order valence-corrected chi connectivity index (χ3v) is 4.78. The lowest BCUT2D eigenvalue weighted by atomic mass is 9.96. The number of hydrogen-bond donors (Lipinski definition) is 0. The molecule has 1 fully saturated rings. The van der Waals surface area contributed by atoms with Gasteiger partial charge in [0.15, 0.2) is 11.5 Å². The summed E-state index contributed by atoms with van der Waals surface area (Å²) in [6.45, 7) is 1.06. The molecule has 0 bridgehead atoms. The monoisotopic (exact) mass is 390 g/mol. The van der Waals surface area contributed by atoms with E-state index in [0.717, 1.165) is 23.2 Å². The molecule has 1 aliphatic heterocycles. The van der Waals surface area contributed by atoms with Gasteiger partial charge in [-0.15, -0.1) is 13.2 Å². The van der Waals surface area contributed by atoms with E-state index in [1.807, 2.05) is 24.3 Å². The standard InChI is InChI=1S/C20H17F3N2O3/c21-20(22,23)28-15-7-5-14(6-8-15)19(26)25-11-9-13(10-12-25)18-24-16-3-1-2-4-17(16)27-18/h1-8,13H,9-12H2. The number of halogens is 3. The van der Waals surface area contributed by atoms with Gasteiger partial charge in [0.05, 0.1) is 0 Å². The Morgan fingerprint density at radius 1 is 1.07 bits per heavy atom. The highest BCUT2D eigenvalue weighted by molar-refractivity contribution is 5.94. The molecule has 1 aromatic heterocycles. The van der Waals surface area contributed by atoms with E-state index in [4.69, 9.17) is 4.42 Å². The van der Waals surface area contributed by atoms with Crippen LogP contribution in [-0.4, -0.2) is 35.2 Å². The number of amides is 1. The second-order valence-corrected chi connectivity index (χ2v) is 6.66. The second kappa shape index (κ2) is 7.18. The van der Waals surface area contributed by atoms with E-state index in [1.54, 1.807) is 4.90 Å². The number of nitrogens with zero attached hydrogens (tertiary/aromatic N) is 2. The zero-order valence-corrected chi connectivity index (χ0v) is 14.8. The average Bonchev–Trinajstić information content (AvgIpc) is 3.11. The summed E-state index contributed by atoms with van der Waals surface area (Å²) in [6, 6.07) is 12.5. The number of para-hydroxylation sites is 2. The molecule has 0 unspecified atom stereocenters. The van der Waals surface area contributed by atoms with Gasteiger partial charge >= 0.3 is 6.36 Å². The summed E-state index contributed by atoms with van der Waals surface area (Å²) in [5.74, 6) is 0.259. The SMILES string of the molecule is O=C(c1ccc(OC(F)(F)F)cc1)N1CCC(c2nc3ccccc3o2)CC1. The summed E-state index contributed by atoms with van der Waals surface area (Å²) < 4.78 is 46.3. The van der Waals surface area contributed by atoms with E-state index in [0.29, 0.717) is 37.4 Å². The topological polar surface area (TPSA) is 55.6 Å². The molecule has 28 heavy (non-hydrogen) atoms. The molecule has 0 spiro atoms. The highest BCUT2D eigenvalue weighted by Crippen LogP contribution is 2.30. The maximum Gasteiger partial charge on any atom is 0.573 e. The number of alkyl halides is 3. The highest BCUT2D eigenvalue weighted by Gasteiger charge is 2.31. The van der Waals surface area contributed by atoms with Crippen molar-refractivity contribution in [3.8, 4) is 5.75 Å². The molecule has 2 aromatic carbocycles. The maximum absolute atomic E-state index is 12.6. The van der Waals surface area contributed by atoms with Crippen molar-refractivity contribution >= 4 is 17.0 Å². The fraction of sp³-hybridized carbons (Fsp3) is 0.300. The predicted octanol–water partition coefficient (Wildman–Crippen LogP) is 4.75. The van der Waals surface area contributed by atoms with Crippen LogP contribution in [0.3, 0.4) is 0 Å². The summed E-state index contributed by atoms with van der Waals surface area (Å²) in [6.07, 6.45) is -3.32. The van der Waals surface area contributed by atoms with Crippen LogP contribution in [0.1, 0.15) is 35.0 Å². The fourth-order valence-corrected chi connectivity index (χ4v) is 3.38. The van der Waals surface area contributed by atoms with Crippen molar-refractivity contribution in [3.05, 3.63) is 60.0 Å². The summed E-state index contributed by atoms with van der Waals surface area (Å²) in [5.41, 5.74) is 1.89. The first-order valence-corrected chi connectivity index (χ1v) is 8.89. The van der Waals surface area contributed by atoms with Crippen molar-refractivity contribution in [2.24, 2.45) is 0 Å². The van der Waals surface area contributed by atoms with Crippen LogP contribution >= 0.6 is 0 Å². The molecule has 0 saturated carbocycles. The van der Waals surface area contributed by atoms with Crippen LogP contribution in [0.5, 0.6) is 5.75 Å². The van der Waals surface area contributed by atoms with E-state index in [2.05, 4.69) is 9.72 Å². The Bertz CT molecular complexity index is 941. The molecule has 2 heterocycles. The Hall–Kier alpha value is -3.03. The van der Waals surface area contributed by atoms with Crippen LogP contribution in [0.25, 0.3) is 11.1 Å². The van der Waals surface area contributed by atoms with Crippen LogP contribution < -0.4 is 4.74 Å². The smallest absolute Gasteiger partial charge is 0.440 e. The van der Waals surface area contributed by atoms with Crippen molar-refractivity contribution < 1.29 is 27.1 Å². The number of aromatic nitrogens is 1. The van der Waals surface area contributed by atoms with Gasteiger partial charge in [-0.25, -0.2) is 4.98 Å². The zero-order chi connectivity index (χ0) is 19.7. The number of carbonyl (C=O) groups is 1. The molecule has 0 N–H and O–H groups in total. The van der Waals surface area contributed by atoms with Gasteiger partial charge in [0, 0.05) is 24.6 Å². The molecular weight excluding hydrogens is 373 g/mol. The predicted molar refractivity (Wildman–Crippen MR) is 95.0 cm³/mol. The maximum atomic E-state index is 12.6. The molecule has 3 aromatic rings. The van der Waals surface area contributed by atoms with Crippen molar-refractivity contribution in [1.29, 1.82) is 0 Å². The first-order valence-electron chi connectivity index (χ1n) is 8.89. The van der Waals surface area contributed by atoms with Crippen LogP contribution in [0.15, 0.2) is 52.9 Å². The Kier molecular flexibility index (Phi) is 4.70. The lowest BCUT2D eigenvalue weighted by Gasteiger charge is -2.30. The van der Waals surface area contributed by atoms with E-state index in [1.165, 1.54) is 12.1 Å². The average molecular weight is 390 g/mol. The van der Waals surface area contributed by atoms with Crippen molar-refractivity contribution in [2.75, 3.05) is 13.1 Å². The third kappa shape index (κ3) is 3.95. The van der Waals surface area contributed by atoms with E-state index in [-0.39, 0.29) is 17.6 Å². The number of fused-ring (bicyclic) bond motifs is 1. The van der Waals surface area contributed by atoms with Gasteiger partial charge < -0.3 is 14.1 Å². The van der Waals surface area contributed by atoms with Gasteiger partial charge in [0.2, 0.25) is 0 Å². The van der Waals surface area contributed by atoms with Gasteiger partial charge in [-0.05, 0) is 49.2 Å². The van der Waals surface area contributed by atoms with E-state index < -0.39 is 6.36 Å². The number of benzene rings is 2. The second-order valence-electron chi connectivity index (χ2n) is 6.66. The summed E-state index contributed by atoms with van der Waals surface area (Å²) in [4.78, 5) is 18.8. The number of rotatable bonds is 3. The molecule has 5 nitrogen and oxygen atoms in total. The number of oxazole rings is 1. The highest BCUT2D eigenvalue weighted by atomic mass is 19.4. The molecule has 1 amide bonds. The minimum atomic E-state index is -4.75. The Labute approximate surface area is 158 Å². The molecule has 1 aliphatic rings. The van der Waals surface area contributed by atoms with Crippen LogP contribution in [0.4, 0.5) is 13.2 Å². The van der Waals surface area contributed by atoms with Gasteiger partial charge in [-0.3, -0.25) is 4.79 Å². The molecule has 4 rings (SSSR count). The summed E-state index contributed by atoms with van der Waals surface area (Å²) in [5, 5.41) is 0. The lowest BCUT2D eigenvalue weighted by molar-refractivity contribution is -0.274. The summed E-state index contributed by atoms with van der Waals surface area (Å²) >= 11 is 0. The number of ether oxygens (including phenoxy) is 1. The van der Waals surface area contributed by atoms with Crippen molar-refractivity contribution in [1.82, 2.24) is 9.88 Å². The molecule has 0 radical (unpaired) electrons. The van der Waals surface area contributed by atoms with Crippen LogP contribution in [0.2, 0.25) is 0 Å². The zero-order valence-electron chi connectivity index (χ0n) is 14.8. The normalized spacial score (nSPS) is 15.8. The number of piperidine rings is 1. The van der Waals surface area contributed by atoms with Crippen LogP contribution in [-0.2, 0) is 0 Å². The first-order chi connectivity index (χ1) is 13.4. The van der Waals surface area contributed by atoms with E-state index in [9.17, 15) is 18.0 Å². The third-order valence-electron chi connectivity index (χ3n) is 4.78. The fourth-order valence-electron chi connectivity index (χ4n) is 3.38. The largest absolute Gasteiger partial charge is 0.573 e. The van der Waals surface area contributed by atoms with Crippen molar-refractivity contribution in [2.45, 2.75) is 25.1 Å². The molecule has 0 atom stereocenters.